The Morgan fingerprint density at radius 1 is 0.600 bits per heavy atom. The molecule has 0 spiro atoms. The van der Waals surface area contributed by atoms with Gasteiger partial charge in [0.2, 0.25) is 0 Å². The summed E-state index contributed by atoms with van der Waals surface area (Å²) in [4.78, 5) is 11.4. The minimum atomic E-state index is -0.626. The molecule has 0 saturated heterocycles. The van der Waals surface area contributed by atoms with Crippen LogP contribution in [0.1, 0.15) is 117 Å². The van der Waals surface area contributed by atoms with Crippen LogP contribution in [0, 0.1) is 5.92 Å². The minimum Gasteiger partial charge on any atom is -0.481 e. The van der Waals surface area contributed by atoms with Gasteiger partial charge in [-0.05, 0) is 51.4 Å². The quantitative estimate of drug-likeness (QED) is 0.149. The average molecular weight is 417 g/mol. The Morgan fingerprint density at radius 3 is 1.63 bits per heavy atom. The van der Waals surface area contributed by atoms with Crippen LogP contribution in [0.15, 0.2) is 48.6 Å². The zero-order chi connectivity index (χ0) is 22.1. The number of aliphatic carboxylic acids is 1. The number of carboxylic acid groups (broad SMARTS) is 1. The van der Waals surface area contributed by atoms with Gasteiger partial charge in [-0.25, -0.2) is 0 Å². The van der Waals surface area contributed by atoms with Crippen molar-refractivity contribution in [2.75, 3.05) is 0 Å². The first-order chi connectivity index (χ1) is 14.7. The van der Waals surface area contributed by atoms with E-state index in [9.17, 15) is 9.90 Å². The molecular formula is C28H48O2. The molecule has 2 nitrogen and oxygen atoms in total. The third-order valence-corrected chi connectivity index (χ3v) is 5.39. The third-order valence-electron chi connectivity index (χ3n) is 5.39. The lowest BCUT2D eigenvalue weighted by molar-refractivity contribution is -0.142. The number of hydrogen-bond acceptors (Lipinski definition) is 1. The predicted molar refractivity (Wildman–Crippen MR) is 133 cm³/mol. The molecule has 0 aromatic rings. The molecule has 1 N–H and O–H groups in total. The molecule has 0 heterocycles. The van der Waals surface area contributed by atoms with Gasteiger partial charge in [-0.2, -0.15) is 0 Å². The van der Waals surface area contributed by atoms with E-state index in [1.807, 2.05) is 0 Å². The standard InChI is InChI=1S/C28H48O2/c1-3-5-7-9-11-12-13-14-15-16-17-18-19-20-22-24-26-27(28(29)30)25-23-21-10-8-6-4-2/h11-12,14-15,17-18,20,22,27H,3-10,13,16,19,21,23-26H2,1-2H3,(H,29,30)/b12-11-,15-14-,18-17-,22-20-. The number of hydrogen-bond donors (Lipinski definition) is 1. The third kappa shape index (κ3) is 21.1. The highest BCUT2D eigenvalue weighted by molar-refractivity contribution is 5.69. The maximum Gasteiger partial charge on any atom is 0.306 e. The van der Waals surface area contributed by atoms with Gasteiger partial charge in [0.15, 0.2) is 0 Å². The van der Waals surface area contributed by atoms with Gasteiger partial charge in [0.1, 0.15) is 0 Å². The van der Waals surface area contributed by atoms with Gasteiger partial charge < -0.3 is 5.11 Å². The molecule has 0 aromatic heterocycles. The van der Waals surface area contributed by atoms with Crippen LogP contribution in [0.4, 0.5) is 0 Å². The maximum absolute atomic E-state index is 11.4. The molecule has 0 rings (SSSR count). The van der Waals surface area contributed by atoms with Crippen LogP contribution in [0.5, 0.6) is 0 Å². The zero-order valence-electron chi connectivity index (χ0n) is 19.9. The SMILES string of the molecule is CCCCC/C=C\C/C=C\C/C=C\C/C=C\CCC(CCCCCCCC)C(=O)O. The number of rotatable bonds is 21. The summed E-state index contributed by atoms with van der Waals surface area (Å²) in [5.41, 5.74) is 0. The van der Waals surface area contributed by atoms with Crippen molar-refractivity contribution in [3.05, 3.63) is 48.6 Å². The van der Waals surface area contributed by atoms with E-state index in [1.165, 1.54) is 57.8 Å². The van der Waals surface area contributed by atoms with Gasteiger partial charge >= 0.3 is 5.97 Å². The highest BCUT2D eigenvalue weighted by Crippen LogP contribution is 2.17. The van der Waals surface area contributed by atoms with E-state index in [0.717, 1.165) is 44.9 Å². The van der Waals surface area contributed by atoms with Crippen LogP contribution in [0.3, 0.4) is 0 Å². The average Bonchev–Trinajstić information content (AvgIpc) is 2.74. The molecular weight excluding hydrogens is 368 g/mol. The molecule has 0 fully saturated rings. The Bertz CT molecular complexity index is 485. The van der Waals surface area contributed by atoms with Crippen LogP contribution < -0.4 is 0 Å². The molecule has 172 valence electrons. The van der Waals surface area contributed by atoms with Crippen LogP contribution in [0.2, 0.25) is 0 Å². The predicted octanol–water partition coefficient (Wildman–Crippen LogP) is 9.19. The largest absolute Gasteiger partial charge is 0.481 e. The van der Waals surface area contributed by atoms with Crippen molar-refractivity contribution in [2.24, 2.45) is 5.92 Å². The van der Waals surface area contributed by atoms with Gasteiger partial charge in [-0.1, -0.05) is 114 Å². The summed E-state index contributed by atoms with van der Waals surface area (Å²) in [6.45, 7) is 4.46. The van der Waals surface area contributed by atoms with Crippen molar-refractivity contribution in [2.45, 2.75) is 117 Å². The van der Waals surface area contributed by atoms with Crippen molar-refractivity contribution < 1.29 is 9.90 Å². The Balaban J connectivity index is 3.71. The molecule has 0 aromatic carbocycles. The summed E-state index contributed by atoms with van der Waals surface area (Å²) in [5, 5.41) is 9.39. The second-order valence-electron chi connectivity index (χ2n) is 8.26. The lowest BCUT2D eigenvalue weighted by atomic mass is 9.95. The highest BCUT2D eigenvalue weighted by atomic mass is 16.4. The van der Waals surface area contributed by atoms with E-state index in [2.05, 4.69) is 62.5 Å². The lowest BCUT2D eigenvalue weighted by Gasteiger charge is -2.10. The van der Waals surface area contributed by atoms with E-state index in [0.29, 0.717) is 0 Å². The second-order valence-corrected chi connectivity index (χ2v) is 8.26. The first-order valence-corrected chi connectivity index (χ1v) is 12.5. The van der Waals surface area contributed by atoms with Crippen molar-refractivity contribution in [3.63, 3.8) is 0 Å². The topological polar surface area (TPSA) is 37.3 Å². The molecule has 0 aliphatic carbocycles. The van der Waals surface area contributed by atoms with Gasteiger partial charge in [0.25, 0.3) is 0 Å². The summed E-state index contributed by atoms with van der Waals surface area (Å²) >= 11 is 0. The van der Waals surface area contributed by atoms with Crippen molar-refractivity contribution in [1.82, 2.24) is 0 Å². The first-order valence-electron chi connectivity index (χ1n) is 12.5. The molecule has 0 aliphatic rings. The fourth-order valence-corrected chi connectivity index (χ4v) is 3.42. The van der Waals surface area contributed by atoms with Crippen LogP contribution in [0.25, 0.3) is 0 Å². The van der Waals surface area contributed by atoms with Crippen molar-refractivity contribution >= 4 is 5.97 Å². The fourth-order valence-electron chi connectivity index (χ4n) is 3.42. The van der Waals surface area contributed by atoms with Gasteiger partial charge in [0, 0.05) is 0 Å². The van der Waals surface area contributed by atoms with E-state index in [-0.39, 0.29) is 5.92 Å². The molecule has 0 radical (unpaired) electrons. The van der Waals surface area contributed by atoms with Crippen molar-refractivity contribution in [3.8, 4) is 0 Å². The first kappa shape index (κ1) is 28.4. The summed E-state index contributed by atoms with van der Waals surface area (Å²) in [7, 11) is 0. The second kappa shape index (κ2) is 23.7. The minimum absolute atomic E-state index is 0.179. The van der Waals surface area contributed by atoms with Crippen LogP contribution >= 0.6 is 0 Å². The Labute approximate surface area is 187 Å². The maximum atomic E-state index is 11.4. The molecule has 1 atom stereocenters. The van der Waals surface area contributed by atoms with E-state index >= 15 is 0 Å². The molecule has 0 aliphatic heterocycles. The number of carbonyl (C=O) groups is 1. The fraction of sp³-hybridized carbons (Fsp3) is 0.679. The number of carboxylic acids is 1. The van der Waals surface area contributed by atoms with Gasteiger partial charge in [-0.3, -0.25) is 4.79 Å². The summed E-state index contributed by atoms with van der Waals surface area (Å²) in [6.07, 6.45) is 35.5. The summed E-state index contributed by atoms with van der Waals surface area (Å²) in [5.74, 6) is -0.804. The lowest BCUT2D eigenvalue weighted by Crippen LogP contribution is -2.13. The molecule has 2 heteroatoms. The van der Waals surface area contributed by atoms with Gasteiger partial charge in [0.05, 0.1) is 5.92 Å². The number of allylic oxidation sites excluding steroid dienone is 8. The zero-order valence-corrected chi connectivity index (χ0v) is 19.9. The number of unbranched alkanes of at least 4 members (excludes halogenated alkanes) is 8. The van der Waals surface area contributed by atoms with Crippen LogP contribution in [-0.4, -0.2) is 11.1 Å². The van der Waals surface area contributed by atoms with E-state index < -0.39 is 5.97 Å². The molecule has 0 bridgehead atoms. The summed E-state index contributed by atoms with van der Waals surface area (Å²) in [6, 6.07) is 0. The van der Waals surface area contributed by atoms with Crippen LogP contribution in [-0.2, 0) is 4.79 Å². The van der Waals surface area contributed by atoms with Gasteiger partial charge in [-0.15, -0.1) is 0 Å². The molecule has 0 amide bonds. The Hall–Kier alpha value is -1.57. The van der Waals surface area contributed by atoms with E-state index in [1.54, 1.807) is 0 Å². The normalized spacial score (nSPS) is 13.4. The smallest absolute Gasteiger partial charge is 0.306 e. The molecule has 30 heavy (non-hydrogen) atoms. The molecule has 1 unspecified atom stereocenters. The highest BCUT2D eigenvalue weighted by Gasteiger charge is 2.15. The van der Waals surface area contributed by atoms with Crippen molar-refractivity contribution in [1.29, 1.82) is 0 Å². The summed E-state index contributed by atoms with van der Waals surface area (Å²) < 4.78 is 0. The monoisotopic (exact) mass is 416 g/mol. The van der Waals surface area contributed by atoms with E-state index in [4.69, 9.17) is 0 Å². The Morgan fingerprint density at radius 2 is 1.07 bits per heavy atom. The Kier molecular flexibility index (Phi) is 22.5. The molecule has 0 saturated carbocycles.